The Morgan fingerprint density at radius 1 is 0.662 bits per heavy atom. The van der Waals surface area contributed by atoms with Gasteiger partial charge in [-0.1, -0.05) is 84.8 Å². The van der Waals surface area contributed by atoms with Crippen molar-refractivity contribution in [3.8, 4) is 11.5 Å². The number of benzene rings is 1. The number of aliphatic hydroxyl groups is 1. The van der Waals surface area contributed by atoms with Crippen molar-refractivity contribution in [1.82, 2.24) is 0 Å². The molecule has 0 bridgehead atoms. The minimum absolute atomic E-state index is 0.0000746. The van der Waals surface area contributed by atoms with Crippen LogP contribution >= 0.6 is 0 Å². The highest BCUT2D eigenvalue weighted by Gasteiger charge is 2.69. The lowest BCUT2D eigenvalue weighted by atomic mass is 9.34. The van der Waals surface area contributed by atoms with Crippen molar-refractivity contribution in [3.63, 3.8) is 0 Å². The Balaban J connectivity index is 0.000000185. The highest BCUT2D eigenvalue weighted by molar-refractivity contribution is 6.06. The molecule has 14 heteroatoms. The van der Waals surface area contributed by atoms with E-state index >= 15 is 0 Å². The number of ketones is 1. The fourth-order valence-corrected chi connectivity index (χ4v) is 18.0. The number of carbonyl (C=O) groups is 3. The van der Waals surface area contributed by atoms with Crippen LogP contribution in [0.4, 0.5) is 0 Å². The minimum atomic E-state index is -0.742. The number of phenols is 2. The molecule has 9 aliphatic carbocycles. The maximum absolute atomic E-state index is 12.6. The first kappa shape index (κ1) is 55.0. The van der Waals surface area contributed by atoms with Crippen LogP contribution in [0, 0.1) is 87.7 Å². The van der Waals surface area contributed by atoms with E-state index in [4.69, 9.17) is 10.1 Å². The van der Waals surface area contributed by atoms with Crippen molar-refractivity contribution in [1.29, 1.82) is 0 Å². The number of allylic oxidation sites excluding steroid dienone is 8. The Hall–Kier alpha value is -5.27. The number of fused-ring (bicyclic) bond motifs is 14. The van der Waals surface area contributed by atoms with E-state index in [1.165, 1.54) is 11.1 Å². The van der Waals surface area contributed by atoms with E-state index in [2.05, 4.69) is 73.6 Å². The second-order valence-electron chi connectivity index (χ2n) is 27.2. The highest BCUT2D eigenvalue weighted by Crippen LogP contribution is 2.77. The number of carboxylic acid groups (broad SMARTS) is 2. The molecule has 0 saturated heterocycles. The molecule has 5 N–H and O–H groups in total. The van der Waals surface area contributed by atoms with Crippen molar-refractivity contribution < 1.29 is 49.8 Å². The van der Waals surface area contributed by atoms with Crippen molar-refractivity contribution >= 4 is 17.7 Å². The van der Waals surface area contributed by atoms with E-state index in [0.717, 1.165) is 106 Å². The Bertz CT molecular complexity index is 2820. The molecule has 74 heavy (non-hydrogen) atoms. The highest BCUT2D eigenvalue weighted by atomic mass is 16.6. The number of hydrogen-bond donors (Lipinski definition) is 5. The van der Waals surface area contributed by atoms with Crippen LogP contribution in [0.3, 0.4) is 0 Å². The molecule has 1 aromatic carbocycles. The van der Waals surface area contributed by atoms with Gasteiger partial charge in [0.05, 0.1) is 16.7 Å². The lowest BCUT2D eigenvalue weighted by Crippen LogP contribution is -2.62. The van der Waals surface area contributed by atoms with E-state index in [1.54, 1.807) is 19.1 Å². The topological polar surface area (TPSA) is 239 Å². The van der Waals surface area contributed by atoms with Crippen LogP contribution in [-0.4, -0.2) is 66.7 Å². The van der Waals surface area contributed by atoms with Crippen LogP contribution in [0.1, 0.15) is 189 Å². The summed E-state index contributed by atoms with van der Waals surface area (Å²) in [6, 6.07) is 1.64. The summed E-state index contributed by atoms with van der Waals surface area (Å²) in [4.78, 5) is 56.9. The average molecular weight is 1020 g/mol. The zero-order valence-electron chi connectivity index (χ0n) is 46.2. The molecule has 404 valence electrons. The summed E-state index contributed by atoms with van der Waals surface area (Å²) < 4.78 is 0. The van der Waals surface area contributed by atoms with Gasteiger partial charge in [0.1, 0.15) is 0 Å². The maximum Gasteiger partial charge on any atom is 0.309 e. The van der Waals surface area contributed by atoms with Gasteiger partial charge in [-0.3, -0.25) is 34.6 Å². The van der Waals surface area contributed by atoms with Gasteiger partial charge in [-0.2, -0.15) is 0 Å². The standard InChI is InChI=1S/C30H41NO6.C29H38O4.CH3NO2/c1-17-23-18(16-31(36)37)13-21-28(4,19(23)14-20(32)24(17)33)10-12-30(6)22-15-27(3,25(34)35)8-7-26(22,2)9-11-29(21,30)5;1-17-18-7-8-21-27(4,19(18)15-20(30)23(17)31)12-14-29(6)22-16-26(3,24(32)33)10-9-25(22,2)11-13-28(21,29)5;1-2(3)4/h13-14,18,22,32-33H,7-12,15-16H2,1-6H3,(H,34,35);7-8,15,22,31H,9-14,16H2,1-6H3,(H,32,33);1H3/t18-,22+,26+,27+,28-,29+,30-;22-,25-,26-,27+,28-,29+;/m01./s1. The zero-order valence-corrected chi connectivity index (χ0v) is 46.2. The van der Waals surface area contributed by atoms with Crippen molar-refractivity contribution in [2.45, 2.75) is 184 Å². The molecule has 1 aromatic rings. The van der Waals surface area contributed by atoms with Gasteiger partial charge in [-0.15, -0.1) is 0 Å². The molecule has 0 radical (unpaired) electrons. The van der Waals surface area contributed by atoms with Crippen molar-refractivity contribution in [2.75, 3.05) is 13.6 Å². The van der Waals surface area contributed by atoms with E-state index in [-0.39, 0.29) is 78.3 Å². The zero-order chi connectivity index (χ0) is 55.1. The summed E-state index contributed by atoms with van der Waals surface area (Å²) in [5.41, 5.74) is 5.17. The third-order valence-corrected chi connectivity index (χ3v) is 23.5. The molecule has 6 saturated carbocycles. The number of aliphatic hydroxyl groups excluding tert-OH is 1. The number of phenolic OH excluding ortho intramolecular Hbond substituents is 2. The van der Waals surface area contributed by atoms with Crippen LogP contribution in [-0.2, 0) is 19.8 Å². The largest absolute Gasteiger partial charge is 0.504 e. The van der Waals surface area contributed by atoms with Crippen LogP contribution in [0.25, 0.3) is 0 Å². The first-order valence-corrected chi connectivity index (χ1v) is 27.0. The molecule has 0 aliphatic heterocycles. The Morgan fingerprint density at radius 2 is 1.12 bits per heavy atom. The molecular weight excluding hydrogens is 941 g/mol. The van der Waals surface area contributed by atoms with Gasteiger partial charge in [0.25, 0.3) is 0 Å². The van der Waals surface area contributed by atoms with Crippen LogP contribution in [0.2, 0.25) is 0 Å². The monoisotopic (exact) mass is 1020 g/mol. The lowest BCUT2D eigenvalue weighted by molar-refractivity contribution is -0.481. The molecule has 0 heterocycles. The predicted molar refractivity (Wildman–Crippen MR) is 282 cm³/mol. The predicted octanol–water partition coefficient (Wildman–Crippen LogP) is 13.1. The number of rotatable bonds is 4. The SMILES string of the molecule is CC1=C(O)C(=O)C=C2C1=CC=C1[C@@]2(C)CC[C@@]2(C)[C@@H]3C[C@](C)(C(=O)O)CC[C@]3(C)CC[C@]12C.C[N+](=O)[O-].Cc1c(O)c(O)cc2c1[C@H](C[N+](=O)[O-])C=C1[C@@]2(C)CC[C@@]2(C)[C@@H]3C[C@](C)(C(=O)O)CC[C@]3(C)CC[C@]12C. The van der Waals surface area contributed by atoms with Gasteiger partial charge >= 0.3 is 11.9 Å². The van der Waals surface area contributed by atoms with Gasteiger partial charge in [-0.25, -0.2) is 0 Å². The summed E-state index contributed by atoms with van der Waals surface area (Å²) in [6.45, 7) is 25.9. The van der Waals surface area contributed by atoms with E-state index in [0.29, 0.717) is 29.9 Å². The van der Waals surface area contributed by atoms with Crippen LogP contribution in [0.5, 0.6) is 11.5 Å². The second kappa shape index (κ2) is 17.4. The number of hydrogen-bond acceptors (Lipinski definition) is 10. The third kappa shape index (κ3) is 7.68. The number of carbonyl (C=O) groups excluding carboxylic acids is 1. The Morgan fingerprint density at radius 3 is 1.59 bits per heavy atom. The molecule has 0 aromatic heterocycles. The van der Waals surface area contributed by atoms with Crippen molar-refractivity contribution in [2.24, 2.45) is 60.6 Å². The maximum atomic E-state index is 12.6. The average Bonchev–Trinajstić information content (AvgIpc) is 3.31. The number of carboxylic acids is 2. The number of nitro groups is 2. The quantitative estimate of drug-likeness (QED) is 0.0819. The number of nitrogens with zero attached hydrogens (tertiary/aromatic N) is 2. The molecular formula is C60H82N2O12. The normalized spacial score (nSPS) is 42.4. The fourth-order valence-electron chi connectivity index (χ4n) is 18.0. The Kier molecular flexibility index (Phi) is 12.9. The van der Waals surface area contributed by atoms with Crippen LogP contribution in [0.15, 0.2) is 64.0 Å². The van der Waals surface area contributed by atoms with E-state index < -0.39 is 39.0 Å². The number of aliphatic carboxylic acids is 2. The van der Waals surface area contributed by atoms with Gasteiger partial charge < -0.3 is 25.5 Å². The van der Waals surface area contributed by atoms with E-state index in [1.807, 2.05) is 20.8 Å². The summed E-state index contributed by atoms with van der Waals surface area (Å²) in [5.74, 6) is -2.11. The molecule has 0 amide bonds. The second-order valence-corrected chi connectivity index (χ2v) is 27.2. The lowest BCUT2D eigenvalue weighted by Gasteiger charge is -2.70. The van der Waals surface area contributed by atoms with Crippen molar-refractivity contribution in [3.05, 3.63) is 101 Å². The van der Waals surface area contributed by atoms with Gasteiger partial charge in [0, 0.05) is 26.2 Å². The fraction of sp³-hybridized carbons (Fsp3) is 0.683. The smallest absolute Gasteiger partial charge is 0.309 e. The molecule has 13 atom stereocenters. The van der Waals surface area contributed by atoms with E-state index in [9.17, 15) is 50.0 Å². The summed E-state index contributed by atoms with van der Waals surface area (Å²) >= 11 is 0. The molecule has 10 rings (SSSR count). The van der Waals surface area contributed by atoms with Gasteiger partial charge in [-0.05, 0) is 202 Å². The van der Waals surface area contributed by atoms with Crippen LogP contribution < -0.4 is 0 Å². The summed E-state index contributed by atoms with van der Waals surface area (Å²) in [7, 11) is 0.889. The number of aromatic hydroxyl groups is 2. The van der Waals surface area contributed by atoms with Gasteiger partial charge in [0.15, 0.2) is 24.3 Å². The summed E-state index contributed by atoms with van der Waals surface area (Å²) in [6.07, 6.45) is 20.7. The first-order valence-electron chi connectivity index (χ1n) is 27.0. The Labute approximate surface area is 436 Å². The molecule has 14 nitrogen and oxygen atoms in total. The minimum Gasteiger partial charge on any atom is -0.504 e. The third-order valence-electron chi connectivity index (χ3n) is 23.5. The summed E-state index contributed by atoms with van der Waals surface area (Å²) in [5, 5.41) is 72.2. The van der Waals surface area contributed by atoms with Gasteiger partial charge in [0.2, 0.25) is 12.3 Å². The molecule has 0 unspecified atom stereocenters. The molecule has 6 fully saturated rings. The molecule has 0 spiro atoms. The first-order chi connectivity index (χ1) is 34.0. The molecule has 9 aliphatic rings.